The summed E-state index contributed by atoms with van der Waals surface area (Å²) < 4.78 is 24.5. The molecule has 1 aromatic rings. The van der Waals surface area contributed by atoms with Crippen molar-refractivity contribution in [3.8, 4) is 0 Å². The van der Waals surface area contributed by atoms with Gasteiger partial charge in [-0.15, -0.1) is 0 Å². The van der Waals surface area contributed by atoms with Crippen molar-refractivity contribution in [1.82, 2.24) is 4.90 Å². The molecule has 5 nitrogen and oxygen atoms in total. The summed E-state index contributed by atoms with van der Waals surface area (Å²) in [6.07, 6.45) is 2.75. The number of hydrogen-bond acceptors (Lipinski definition) is 4. The highest BCUT2D eigenvalue weighted by Crippen LogP contribution is 2.19. The highest BCUT2D eigenvalue weighted by Gasteiger charge is 2.29. The van der Waals surface area contributed by atoms with Crippen molar-refractivity contribution >= 4 is 27.3 Å². The molecule has 1 heterocycles. The first-order chi connectivity index (χ1) is 9.94. The molecule has 1 aromatic carbocycles. The molecule has 0 aromatic heterocycles. The third-order valence-corrected chi connectivity index (χ3v) is 5.58. The largest absolute Gasteiger partial charge is 0.338 e. The molecule has 0 bridgehead atoms. The van der Waals surface area contributed by atoms with Gasteiger partial charge >= 0.3 is 0 Å². The van der Waals surface area contributed by atoms with Gasteiger partial charge in [-0.3, -0.25) is 4.79 Å². The number of carbonyl (C=O) groups excluding carboxylic acids is 1. The summed E-state index contributed by atoms with van der Waals surface area (Å²) in [5, 5.41) is 0.458. The van der Waals surface area contributed by atoms with Crippen LogP contribution in [0.5, 0.6) is 0 Å². The highest BCUT2D eigenvalue weighted by atomic mass is 35.5. The van der Waals surface area contributed by atoms with Crippen LogP contribution in [-0.2, 0) is 14.6 Å². The Bertz CT molecular complexity index is 601. The molecule has 1 fully saturated rings. The Balaban J connectivity index is 2.12. The van der Waals surface area contributed by atoms with Gasteiger partial charge in [0.1, 0.15) is 5.75 Å². The number of piperidine rings is 1. The zero-order chi connectivity index (χ0) is 15.5. The number of sulfone groups is 1. The van der Waals surface area contributed by atoms with Crippen LogP contribution in [0.3, 0.4) is 0 Å². The Morgan fingerprint density at radius 2 is 1.95 bits per heavy atom. The zero-order valence-corrected chi connectivity index (χ0v) is 13.2. The van der Waals surface area contributed by atoms with Crippen LogP contribution in [0.15, 0.2) is 29.2 Å². The van der Waals surface area contributed by atoms with Crippen molar-refractivity contribution < 1.29 is 13.2 Å². The normalized spacial score (nSPS) is 19.5. The number of nitrogens with two attached hydrogens (primary N) is 1. The molecule has 21 heavy (non-hydrogen) atoms. The molecule has 1 amide bonds. The number of amides is 1. The van der Waals surface area contributed by atoms with E-state index in [2.05, 4.69) is 0 Å². The first-order valence-corrected chi connectivity index (χ1v) is 8.95. The van der Waals surface area contributed by atoms with E-state index in [0.29, 0.717) is 18.1 Å². The lowest BCUT2D eigenvalue weighted by molar-refractivity contribution is -0.131. The first kappa shape index (κ1) is 16.3. The lowest BCUT2D eigenvalue weighted by Gasteiger charge is -2.35. The fourth-order valence-corrected chi connectivity index (χ4v) is 3.88. The van der Waals surface area contributed by atoms with Gasteiger partial charge in [0.25, 0.3) is 0 Å². The molecule has 1 atom stereocenters. The number of rotatable bonds is 4. The fraction of sp³-hybridized carbons (Fsp3) is 0.500. The number of halogens is 1. The van der Waals surface area contributed by atoms with Crippen LogP contribution in [0.1, 0.15) is 19.3 Å². The molecular weight excluding hydrogens is 312 g/mol. The van der Waals surface area contributed by atoms with Gasteiger partial charge in [-0.05, 0) is 43.5 Å². The molecule has 1 aliphatic rings. The summed E-state index contributed by atoms with van der Waals surface area (Å²) in [6.45, 7) is 0.948. The van der Waals surface area contributed by atoms with Crippen molar-refractivity contribution in [2.45, 2.75) is 30.2 Å². The Morgan fingerprint density at radius 1 is 1.29 bits per heavy atom. The van der Waals surface area contributed by atoms with E-state index in [4.69, 9.17) is 17.3 Å². The Morgan fingerprint density at radius 3 is 2.57 bits per heavy atom. The molecule has 0 aliphatic carbocycles. The molecule has 7 heteroatoms. The SMILES string of the molecule is NC[C@@H]1CCCCN1C(=O)CS(=O)(=O)c1ccc(Cl)cc1. The Hall–Kier alpha value is -1.11. The molecule has 2 N–H and O–H groups in total. The fourth-order valence-electron chi connectivity index (χ4n) is 2.54. The summed E-state index contributed by atoms with van der Waals surface area (Å²) in [5.74, 6) is -0.898. The summed E-state index contributed by atoms with van der Waals surface area (Å²) in [5.41, 5.74) is 5.66. The van der Waals surface area contributed by atoms with Crippen LogP contribution in [0.2, 0.25) is 5.02 Å². The number of hydrogen-bond donors (Lipinski definition) is 1. The topological polar surface area (TPSA) is 80.5 Å². The zero-order valence-electron chi connectivity index (χ0n) is 11.7. The molecule has 0 saturated carbocycles. The smallest absolute Gasteiger partial charge is 0.238 e. The minimum absolute atomic E-state index is 0.0494. The highest BCUT2D eigenvalue weighted by molar-refractivity contribution is 7.92. The van der Waals surface area contributed by atoms with Crippen LogP contribution >= 0.6 is 11.6 Å². The van der Waals surface area contributed by atoms with Gasteiger partial charge in [-0.25, -0.2) is 8.42 Å². The molecule has 0 unspecified atom stereocenters. The van der Waals surface area contributed by atoms with Crippen LogP contribution in [0.25, 0.3) is 0 Å². The minimum atomic E-state index is -3.65. The quantitative estimate of drug-likeness (QED) is 0.906. The second-order valence-corrected chi connectivity index (χ2v) is 7.61. The second-order valence-electron chi connectivity index (χ2n) is 5.19. The van der Waals surface area contributed by atoms with E-state index in [1.54, 1.807) is 4.90 Å². The van der Waals surface area contributed by atoms with Gasteiger partial charge in [0.05, 0.1) is 4.90 Å². The predicted octanol–water partition coefficient (Wildman–Crippen LogP) is 1.45. The van der Waals surface area contributed by atoms with Crippen molar-refractivity contribution in [2.75, 3.05) is 18.8 Å². The van der Waals surface area contributed by atoms with Gasteiger partial charge in [0, 0.05) is 24.2 Å². The minimum Gasteiger partial charge on any atom is -0.338 e. The van der Waals surface area contributed by atoms with E-state index in [-0.39, 0.29) is 16.8 Å². The van der Waals surface area contributed by atoms with E-state index < -0.39 is 15.6 Å². The van der Waals surface area contributed by atoms with Gasteiger partial charge < -0.3 is 10.6 Å². The molecule has 1 aliphatic heterocycles. The first-order valence-electron chi connectivity index (χ1n) is 6.92. The maximum Gasteiger partial charge on any atom is 0.238 e. The van der Waals surface area contributed by atoms with Crippen LogP contribution in [0, 0.1) is 0 Å². The summed E-state index contributed by atoms with van der Waals surface area (Å²) in [6, 6.07) is 5.79. The van der Waals surface area contributed by atoms with Gasteiger partial charge in [-0.1, -0.05) is 11.6 Å². The number of nitrogens with zero attached hydrogens (tertiary/aromatic N) is 1. The monoisotopic (exact) mass is 330 g/mol. The van der Waals surface area contributed by atoms with Crippen LogP contribution in [-0.4, -0.2) is 44.1 Å². The Labute approximate surface area is 130 Å². The second kappa shape index (κ2) is 6.77. The maximum atomic E-state index is 12.3. The van der Waals surface area contributed by atoms with Gasteiger partial charge in [0.15, 0.2) is 9.84 Å². The van der Waals surface area contributed by atoms with Crippen molar-refractivity contribution in [3.05, 3.63) is 29.3 Å². The van der Waals surface area contributed by atoms with Crippen LogP contribution < -0.4 is 5.73 Å². The third kappa shape index (κ3) is 3.96. The number of likely N-dealkylation sites (tertiary alicyclic amines) is 1. The average Bonchev–Trinajstić information content (AvgIpc) is 2.47. The molecule has 0 spiro atoms. The van der Waals surface area contributed by atoms with Gasteiger partial charge in [-0.2, -0.15) is 0 Å². The van der Waals surface area contributed by atoms with Crippen molar-refractivity contribution in [3.63, 3.8) is 0 Å². The molecule has 1 saturated heterocycles. The molecule has 2 rings (SSSR count). The maximum absolute atomic E-state index is 12.3. The molecule has 116 valence electrons. The predicted molar refractivity (Wildman–Crippen MR) is 81.9 cm³/mol. The van der Waals surface area contributed by atoms with Crippen molar-refractivity contribution in [2.24, 2.45) is 5.73 Å². The number of benzene rings is 1. The Kier molecular flexibility index (Phi) is 5.24. The molecular formula is C14H19ClN2O3S. The lowest BCUT2D eigenvalue weighted by atomic mass is 10.0. The van der Waals surface area contributed by atoms with E-state index in [0.717, 1.165) is 19.3 Å². The summed E-state index contributed by atoms with van der Waals surface area (Å²) in [4.78, 5) is 14.0. The lowest BCUT2D eigenvalue weighted by Crippen LogP contribution is -2.49. The van der Waals surface area contributed by atoms with E-state index in [9.17, 15) is 13.2 Å². The standard InChI is InChI=1S/C14H19ClN2O3S/c15-11-4-6-13(7-5-11)21(19,20)10-14(18)17-8-2-1-3-12(17)9-16/h4-7,12H,1-3,8-10,16H2/t12-/m0/s1. The average molecular weight is 331 g/mol. The van der Waals surface area contributed by atoms with E-state index in [1.807, 2.05) is 0 Å². The van der Waals surface area contributed by atoms with Crippen LogP contribution in [0.4, 0.5) is 0 Å². The third-order valence-electron chi connectivity index (χ3n) is 3.71. The van der Waals surface area contributed by atoms with E-state index in [1.165, 1.54) is 24.3 Å². The van der Waals surface area contributed by atoms with Crippen molar-refractivity contribution in [1.29, 1.82) is 0 Å². The summed E-state index contributed by atoms with van der Waals surface area (Å²) in [7, 11) is -3.65. The summed E-state index contributed by atoms with van der Waals surface area (Å²) >= 11 is 5.74. The molecule has 0 radical (unpaired) electrons. The van der Waals surface area contributed by atoms with E-state index >= 15 is 0 Å². The number of carbonyl (C=O) groups is 1. The van der Waals surface area contributed by atoms with Gasteiger partial charge in [0.2, 0.25) is 5.91 Å².